The molecule has 0 spiro atoms. The Morgan fingerprint density at radius 2 is 1.79 bits per heavy atom. The van der Waals surface area contributed by atoms with Gasteiger partial charge in [0, 0.05) is 22.7 Å². The standard InChI is InChI=1S/C26H27BrN2O4S/c1-19-16-21-17-22(27)8-13-25(21)29(19)26(30)18-28(15-14-20-6-4-3-5-7-20)34(31,32)24-11-9-23(33-2)10-12-24/h3-13,17,19H,14-16,18H2,1-2H3/t19-/m1/s1. The van der Waals surface area contributed by atoms with E-state index in [2.05, 4.69) is 15.9 Å². The summed E-state index contributed by atoms with van der Waals surface area (Å²) in [7, 11) is -2.37. The van der Waals surface area contributed by atoms with Crippen molar-refractivity contribution in [3.63, 3.8) is 0 Å². The number of hydrogen-bond donors (Lipinski definition) is 0. The van der Waals surface area contributed by atoms with Gasteiger partial charge in [0.15, 0.2) is 0 Å². The van der Waals surface area contributed by atoms with Gasteiger partial charge in [0.1, 0.15) is 5.75 Å². The number of rotatable bonds is 8. The van der Waals surface area contributed by atoms with Gasteiger partial charge in [0.05, 0.1) is 18.6 Å². The molecule has 0 radical (unpaired) electrons. The molecule has 4 rings (SSSR count). The van der Waals surface area contributed by atoms with Crippen molar-refractivity contribution in [1.29, 1.82) is 0 Å². The quantitative estimate of drug-likeness (QED) is 0.414. The summed E-state index contributed by atoms with van der Waals surface area (Å²) in [5.74, 6) is 0.332. The Labute approximate surface area is 209 Å². The Balaban J connectivity index is 1.62. The number of carbonyl (C=O) groups is 1. The third kappa shape index (κ3) is 5.19. The monoisotopic (exact) mass is 542 g/mol. The molecule has 3 aromatic rings. The molecule has 1 heterocycles. The first-order valence-electron chi connectivity index (χ1n) is 11.1. The van der Waals surface area contributed by atoms with Gasteiger partial charge in [-0.25, -0.2) is 8.42 Å². The lowest BCUT2D eigenvalue weighted by molar-refractivity contribution is -0.119. The van der Waals surface area contributed by atoms with Crippen LogP contribution in [0, 0.1) is 0 Å². The van der Waals surface area contributed by atoms with Crippen LogP contribution in [0.5, 0.6) is 5.75 Å². The summed E-state index contributed by atoms with van der Waals surface area (Å²) in [5.41, 5.74) is 2.92. The predicted octanol–water partition coefficient (Wildman–Crippen LogP) is 4.67. The zero-order valence-corrected chi connectivity index (χ0v) is 21.6. The first kappa shape index (κ1) is 24.4. The maximum atomic E-state index is 13.6. The number of nitrogens with zero attached hydrogens (tertiary/aromatic N) is 2. The highest BCUT2D eigenvalue weighted by molar-refractivity contribution is 9.10. The third-order valence-corrected chi connectivity index (χ3v) is 8.38. The zero-order valence-electron chi connectivity index (χ0n) is 19.1. The molecule has 1 aliphatic heterocycles. The van der Waals surface area contributed by atoms with Crippen molar-refractivity contribution in [1.82, 2.24) is 4.31 Å². The predicted molar refractivity (Wildman–Crippen MR) is 137 cm³/mol. The summed E-state index contributed by atoms with van der Waals surface area (Å²) in [6, 6.07) is 21.7. The van der Waals surface area contributed by atoms with Crippen molar-refractivity contribution < 1.29 is 17.9 Å². The number of hydrogen-bond acceptors (Lipinski definition) is 4. The van der Waals surface area contributed by atoms with Crippen LogP contribution in [0.2, 0.25) is 0 Å². The molecule has 1 aliphatic rings. The van der Waals surface area contributed by atoms with Crippen LogP contribution in [-0.2, 0) is 27.7 Å². The molecular weight excluding hydrogens is 516 g/mol. The van der Waals surface area contributed by atoms with Crippen molar-refractivity contribution in [3.8, 4) is 5.75 Å². The maximum Gasteiger partial charge on any atom is 0.243 e. The Kier molecular flexibility index (Phi) is 7.40. The summed E-state index contributed by atoms with van der Waals surface area (Å²) in [6.07, 6.45) is 1.23. The second-order valence-electron chi connectivity index (χ2n) is 8.34. The molecule has 34 heavy (non-hydrogen) atoms. The zero-order chi connectivity index (χ0) is 24.3. The van der Waals surface area contributed by atoms with Gasteiger partial charge in [-0.3, -0.25) is 4.79 Å². The highest BCUT2D eigenvalue weighted by atomic mass is 79.9. The van der Waals surface area contributed by atoms with E-state index in [-0.39, 0.29) is 29.9 Å². The number of methoxy groups -OCH3 is 1. The second-order valence-corrected chi connectivity index (χ2v) is 11.2. The topological polar surface area (TPSA) is 66.9 Å². The Hall–Kier alpha value is -2.68. The van der Waals surface area contributed by atoms with E-state index in [0.717, 1.165) is 27.7 Å². The fourth-order valence-corrected chi connectivity index (χ4v) is 6.08. The lowest BCUT2D eigenvalue weighted by Crippen LogP contribution is -2.45. The van der Waals surface area contributed by atoms with E-state index >= 15 is 0 Å². The van der Waals surface area contributed by atoms with Crippen LogP contribution in [0.4, 0.5) is 5.69 Å². The summed E-state index contributed by atoms with van der Waals surface area (Å²) >= 11 is 3.49. The van der Waals surface area contributed by atoms with E-state index in [1.165, 1.54) is 23.5 Å². The fourth-order valence-electron chi connectivity index (χ4n) is 4.29. The van der Waals surface area contributed by atoms with Crippen LogP contribution < -0.4 is 9.64 Å². The largest absolute Gasteiger partial charge is 0.497 e. The molecule has 0 saturated carbocycles. The lowest BCUT2D eigenvalue weighted by Gasteiger charge is -2.27. The van der Waals surface area contributed by atoms with Crippen LogP contribution in [0.25, 0.3) is 0 Å². The SMILES string of the molecule is COc1ccc(S(=O)(=O)N(CCc2ccccc2)CC(=O)N2c3ccc(Br)cc3C[C@H]2C)cc1. The lowest BCUT2D eigenvalue weighted by atomic mass is 10.1. The van der Waals surface area contributed by atoms with E-state index in [1.54, 1.807) is 17.0 Å². The number of ether oxygens (including phenoxy) is 1. The molecule has 1 amide bonds. The number of sulfonamides is 1. The molecule has 6 nitrogen and oxygen atoms in total. The highest BCUT2D eigenvalue weighted by Gasteiger charge is 2.34. The van der Waals surface area contributed by atoms with Gasteiger partial charge in [-0.15, -0.1) is 0 Å². The van der Waals surface area contributed by atoms with Crippen molar-refractivity contribution in [2.75, 3.05) is 25.1 Å². The molecule has 0 saturated heterocycles. The molecule has 0 aliphatic carbocycles. The number of anilines is 1. The van der Waals surface area contributed by atoms with Gasteiger partial charge >= 0.3 is 0 Å². The summed E-state index contributed by atoms with van der Waals surface area (Å²) in [5, 5.41) is 0. The van der Waals surface area contributed by atoms with E-state index < -0.39 is 10.0 Å². The van der Waals surface area contributed by atoms with Crippen LogP contribution in [0.3, 0.4) is 0 Å². The molecule has 3 aromatic carbocycles. The minimum Gasteiger partial charge on any atom is -0.497 e. The molecule has 178 valence electrons. The summed E-state index contributed by atoms with van der Waals surface area (Å²) in [4.78, 5) is 15.3. The third-order valence-electron chi connectivity index (χ3n) is 6.03. The summed E-state index contributed by atoms with van der Waals surface area (Å²) < 4.78 is 34.6. The Morgan fingerprint density at radius 1 is 1.09 bits per heavy atom. The summed E-state index contributed by atoms with van der Waals surface area (Å²) in [6.45, 7) is 1.94. The van der Waals surface area contributed by atoms with E-state index in [1.807, 2.05) is 55.5 Å². The highest BCUT2D eigenvalue weighted by Crippen LogP contribution is 2.34. The van der Waals surface area contributed by atoms with Gasteiger partial charge in [-0.1, -0.05) is 46.3 Å². The molecule has 8 heteroatoms. The van der Waals surface area contributed by atoms with Crippen LogP contribution in [0.15, 0.2) is 82.2 Å². The average Bonchev–Trinajstić information content (AvgIpc) is 3.16. The smallest absolute Gasteiger partial charge is 0.243 e. The number of carbonyl (C=O) groups excluding carboxylic acids is 1. The molecule has 1 atom stereocenters. The van der Waals surface area contributed by atoms with Gasteiger partial charge in [-0.2, -0.15) is 4.31 Å². The Bertz CT molecular complexity index is 1260. The van der Waals surface area contributed by atoms with Crippen LogP contribution in [-0.4, -0.2) is 44.9 Å². The molecule has 0 N–H and O–H groups in total. The van der Waals surface area contributed by atoms with Crippen molar-refractivity contribution in [3.05, 3.63) is 88.4 Å². The van der Waals surface area contributed by atoms with E-state index in [9.17, 15) is 13.2 Å². The normalized spacial score (nSPS) is 15.4. The van der Waals surface area contributed by atoms with Crippen LogP contribution in [0.1, 0.15) is 18.1 Å². The first-order chi connectivity index (χ1) is 16.3. The van der Waals surface area contributed by atoms with Crippen LogP contribution >= 0.6 is 15.9 Å². The number of amides is 1. The average molecular weight is 543 g/mol. The van der Waals surface area contributed by atoms with Crippen molar-refractivity contribution in [2.45, 2.75) is 30.7 Å². The maximum absolute atomic E-state index is 13.6. The molecule has 0 unspecified atom stereocenters. The molecule has 0 bridgehead atoms. The fraction of sp³-hybridized carbons (Fsp3) is 0.269. The van der Waals surface area contributed by atoms with E-state index in [0.29, 0.717) is 12.2 Å². The number of fused-ring (bicyclic) bond motifs is 1. The molecule has 0 fully saturated rings. The second kappa shape index (κ2) is 10.3. The number of benzene rings is 3. The van der Waals surface area contributed by atoms with Gasteiger partial charge in [0.2, 0.25) is 15.9 Å². The van der Waals surface area contributed by atoms with Crippen molar-refractivity contribution >= 4 is 37.5 Å². The Morgan fingerprint density at radius 3 is 2.47 bits per heavy atom. The molecular formula is C26H27BrN2O4S. The van der Waals surface area contributed by atoms with Gasteiger partial charge < -0.3 is 9.64 Å². The van der Waals surface area contributed by atoms with Gasteiger partial charge in [-0.05, 0) is 73.4 Å². The molecule has 0 aromatic heterocycles. The minimum absolute atomic E-state index is 0.0449. The minimum atomic E-state index is -3.90. The van der Waals surface area contributed by atoms with Gasteiger partial charge in [0.25, 0.3) is 0 Å². The van der Waals surface area contributed by atoms with E-state index in [4.69, 9.17) is 4.74 Å². The number of halogens is 1. The van der Waals surface area contributed by atoms with Crippen molar-refractivity contribution in [2.24, 2.45) is 0 Å². The first-order valence-corrected chi connectivity index (χ1v) is 13.3.